The Morgan fingerprint density at radius 3 is 2.57 bits per heavy atom. The third-order valence-corrected chi connectivity index (χ3v) is 4.65. The highest BCUT2D eigenvalue weighted by molar-refractivity contribution is 5.19. The lowest BCUT2D eigenvalue weighted by Gasteiger charge is -2.21. The number of hydrogen-bond acceptors (Lipinski definition) is 0. The molecule has 0 bridgehead atoms. The smallest absolute Gasteiger partial charge is 0.0169 e. The molecule has 3 rings (SSSR count). The molecule has 0 aliphatic heterocycles. The summed E-state index contributed by atoms with van der Waals surface area (Å²) in [5.74, 6) is 3.30. The summed E-state index contributed by atoms with van der Waals surface area (Å²) < 4.78 is 0. The maximum absolute atomic E-state index is 2.55. The van der Waals surface area contributed by atoms with Gasteiger partial charge in [-0.3, -0.25) is 0 Å². The van der Waals surface area contributed by atoms with Gasteiger partial charge in [0, 0.05) is 0 Å². The molecule has 2 atom stereocenters. The quantitative estimate of drug-likeness (QED) is 0.569. The molecule has 2 unspecified atom stereocenters. The summed E-state index contributed by atoms with van der Waals surface area (Å²) in [4.78, 5) is 0. The third-order valence-electron chi connectivity index (χ3n) is 4.65. The van der Waals surface area contributed by atoms with Crippen LogP contribution in [0.2, 0.25) is 0 Å². The topological polar surface area (TPSA) is 0 Å². The Hall–Kier alpha value is -0.260. The predicted molar refractivity (Wildman–Crippen MR) is 60.1 cm³/mol. The van der Waals surface area contributed by atoms with Crippen LogP contribution >= 0.6 is 0 Å². The van der Waals surface area contributed by atoms with Gasteiger partial charge in [0.25, 0.3) is 0 Å². The molecule has 2 saturated carbocycles. The molecular formula is C14H22. The van der Waals surface area contributed by atoms with Crippen molar-refractivity contribution in [2.75, 3.05) is 0 Å². The molecular weight excluding hydrogens is 168 g/mol. The highest BCUT2D eigenvalue weighted by Gasteiger charge is 2.44. The molecule has 0 saturated heterocycles. The van der Waals surface area contributed by atoms with Gasteiger partial charge < -0.3 is 0 Å². The van der Waals surface area contributed by atoms with E-state index in [-0.39, 0.29) is 0 Å². The number of allylic oxidation sites excluding steroid dienone is 2. The molecule has 2 fully saturated rings. The van der Waals surface area contributed by atoms with E-state index in [0.29, 0.717) is 0 Å². The van der Waals surface area contributed by atoms with E-state index in [1.165, 1.54) is 38.5 Å². The first kappa shape index (κ1) is 9.00. The molecule has 14 heavy (non-hydrogen) atoms. The van der Waals surface area contributed by atoms with Crippen LogP contribution in [0.3, 0.4) is 0 Å². The molecule has 3 aliphatic rings. The fourth-order valence-electron chi connectivity index (χ4n) is 3.76. The van der Waals surface area contributed by atoms with Crippen LogP contribution in [0.1, 0.15) is 57.8 Å². The van der Waals surface area contributed by atoms with Gasteiger partial charge in [-0.2, -0.15) is 0 Å². The minimum Gasteiger partial charge on any atom is -0.0850 e. The molecule has 78 valence electrons. The summed E-state index contributed by atoms with van der Waals surface area (Å²) in [6.45, 7) is 0. The van der Waals surface area contributed by atoms with Gasteiger partial charge in [-0.25, -0.2) is 0 Å². The van der Waals surface area contributed by atoms with Crippen LogP contribution in [-0.2, 0) is 0 Å². The minimum absolute atomic E-state index is 1.06. The Morgan fingerprint density at radius 2 is 1.86 bits per heavy atom. The van der Waals surface area contributed by atoms with E-state index in [2.05, 4.69) is 6.08 Å². The molecule has 0 aromatic carbocycles. The lowest BCUT2D eigenvalue weighted by Crippen LogP contribution is -2.09. The summed E-state index contributed by atoms with van der Waals surface area (Å²) in [5, 5.41) is 0. The van der Waals surface area contributed by atoms with Gasteiger partial charge in [0.2, 0.25) is 0 Å². The van der Waals surface area contributed by atoms with Crippen LogP contribution in [0.15, 0.2) is 11.6 Å². The van der Waals surface area contributed by atoms with Gasteiger partial charge in [-0.1, -0.05) is 43.8 Å². The molecule has 0 heteroatoms. The van der Waals surface area contributed by atoms with E-state index < -0.39 is 0 Å². The minimum atomic E-state index is 1.06. The summed E-state index contributed by atoms with van der Waals surface area (Å²) in [7, 11) is 0. The molecule has 3 aliphatic carbocycles. The summed E-state index contributed by atoms with van der Waals surface area (Å²) in [5.41, 5.74) is 1.85. The van der Waals surface area contributed by atoms with Gasteiger partial charge in [0.15, 0.2) is 0 Å². The second-order valence-corrected chi connectivity index (χ2v) is 5.58. The fourth-order valence-corrected chi connectivity index (χ4v) is 3.76. The van der Waals surface area contributed by atoms with Crippen LogP contribution in [0.5, 0.6) is 0 Å². The lowest BCUT2D eigenvalue weighted by molar-refractivity contribution is 0.314. The van der Waals surface area contributed by atoms with E-state index in [4.69, 9.17) is 0 Å². The van der Waals surface area contributed by atoms with Crippen molar-refractivity contribution in [3.8, 4) is 0 Å². The monoisotopic (exact) mass is 190 g/mol. The van der Waals surface area contributed by atoms with Crippen LogP contribution in [-0.4, -0.2) is 0 Å². The van der Waals surface area contributed by atoms with Crippen LogP contribution in [0.25, 0.3) is 0 Å². The second-order valence-electron chi connectivity index (χ2n) is 5.58. The van der Waals surface area contributed by atoms with Crippen molar-refractivity contribution in [1.29, 1.82) is 0 Å². The summed E-state index contributed by atoms with van der Waals surface area (Å²) in [6, 6.07) is 0. The first-order chi connectivity index (χ1) is 6.95. The van der Waals surface area contributed by atoms with Crippen molar-refractivity contribution in [3.63, 3.8) is 0 Å². The van der Waals surface area contributed by atoms with Crippen molar-refractivity contribution >= 4 is 0 Å². The number of rotatable bonds is 2. The Labute approximate surface area is 87.8 Å². The van der Waals surface area contributed by atoms with Gasteiger partial charge in [0.1, 0.15) is 0 Å². The molecule has 0 aromatic rings. The average Bonchev–Trinajstić information content (AvgIpc) is 2.87. The Kier molecular flexibility index (Phi) is 2.39. The molecule has 0 aromatic heterocycles. The van der Waals surface area contributed by atoms with Crippen molar-refractivity contribution < 1.29 is 0 Å². The predicted octanol–water partition coefficient (Wildman–Crippen LogP) is 4.31. The zero-order valence-corrected chi connectivity index (χ0v) is 9.17. The molecule has 0 spiro atoms. The van der Waals surface area contributed by atoms with E-state index >= 15 is 0 Å². The zero-order chi connectivity index (χ0) is 9.38. The van der Waals surface area contributed by atoms with E-state index in [9.17, 15) is 0 Å². The molecule has 0 heterocycles. The van der Waals surface area contributed by atoms with E-state index in [0.717, 1.165) is 17.8 Å². The highest BCUT2D eigenvalue weighted by atomic mass is 14.5. The van der Waals surface area contributed by atoms with Crippen LogP contribution < -0.4 is 0 Å². The summed E-state index contributed by atoms with van der Waals surface area (Å²) >= 11 is 0. The van der Waals surface area contributed by atoms with Gasteiger partial charge >= 0.3 is 0 Å². The van der Waals surface area contributed by atoms with Crippen LogP contribution in [0.4, 0.5) is 0 Å². The Bertz CT molecular complexity index is 232. The first-order valence-corrected chi connectivity index (χ1v) is 6.64. The molecule has 0 N–H and O–H groups in total. The third kappa shape index (κ3) is 1.64. The van der Waals surface area contributed by atoms with Crippen LogP contribution in [0, 0.1) is 17.8 Å². The molecule has 0 amide bonds. The second kappa shape index (κ2) is 3.72. The standard InChI is InChI=1S/C14H22/c1-2-6-11(7-3-1)13-10-14(13)12-8-4-5-9-12/h8,11,13-14H,1-7,9-10H2. The normalized spacial score (nSPS) is 38.4. The van der Waals surface area contributed by atoms with Gasteiger partial charge in [-0.15, -0.1) is 0 Å². The Morgan fingerprint density at radius 1 is 1.00 bits per heavy atom. The number of hydrogen-bond donors (Lipinski definition) is 0. The summed E-state index contributed by atoms with van der Waals surface area (Å²) in [6.07, 6.45) is 16.0. The first-order valence-electron chi connectivity index (χ1n) is 6.64. The van der Waals surface area contributed by atoms with Crippen molar-refractivity contribution in [2.45, 2.75) is 57.8 Å². The zero-order valence-electron chi connectivity index (χ0n) is 9.17. The lowest BCUT2D eigenvalue weighted by atomic mass is 9.84. The van der Waals surface area contributed by atoms with Gasteiger partial charge in [0.05, 0.1) is 0 Å². The van der Waals surface area contributed by atoms with E-state index in [1.807, 2.05) is 5.57 Å². The molecule has 0 radical (unpaired) electrons. The van der Waals surface area contributed by atoms with Gasteiger partial charge in [-0.05, 0) is 43.4 Å². The fraction of sp³-hybridized carbons (Fsp3) is 0.857. The van der Waals surface area contributed by atoms with Crippen molar-refractivity contribution in [2.24, 2.45) is 17.8 Å². The maximum Gasteiger partial charge on any atom is -0.0169 e. The largest absolute Gasteiger partial charge is 0.0850 e. The SMILES string of the molecule is C1=C(C2CC2C2CCCCC2)CCC1. The highest BCUT2D eigenvalue weighted by Crippen LogP contribution is 2.54. The van der Waals surface area contributed by atoms with Crippen molar-refractivity contribution in [3.05, 3.63) is 11.6 Å². The van der Waals surface area contributed by atoms with E-state index in [1.54, 1.807) is 19.3 Å². The Balaban J connectivity index is 1.56. The maximum atomic E-state index is 2.55. The van der Waals surface area contributed by atoms with Crippen molar-refractivity contribution in [1.82, 2.24) is 0 Å². The average molecular weight is 190 g/mol. The molecule has 0 nitrogen and oxygen atoms in total.